The third-order valence-corrected chi connectivity index (χ3v) is 8.25. The maximum absolute atomic E-state index is 12.8. The Kier molecular flexibility index (Phi) is 6.18. The smallest absolute Gasteiger partial charge is 0.227 e. The van der Waals surface area contributed by atoms with Crippen LogP contribution in [0, 0.1) is 0 Å². The highest BCUT2D eigenvalue weighted by atomic mass is 32.2. The Morgan fingerprint density at radius 1 is 0.912 bits per heavy atom. The summed E-state index contributed by atoms with van der Waals surface area (Å²) in [6.45, 7) is 1.48. The monoisotopic (exact) mass is 477 g/mol. The number of nitrogens with two attached hydrogens (primary N) is 1. The number of hydrogen-bond donors (Lipinski definition) is 5. The largest absolute Gasteiger partial charge is 0.352 e. The first-order valence-corrected chi connectivity index (χ1v) is 12.8. The van der Waals surface area contributed by atoms with Gasteiger partial charge >= 0.3 is 0 Å². The van der Waals surface area contributed by atoms with E-state index in [9.17, 15) is 8.42 Å². The Hall–Kier alpha value is -3.47. The van der Waals surface area contributed by atoms with Crippen LogP contribution in [0.2, 0.25) is 0 Å². The maximum atomic E-state index is 12.8. The van der Waals surface area contributed by atoms with Gasteiger partial charge in [-0.3, -0.25) is 5.73 Å². The molecule has 0 spiro atoms. The molecule has 10 heteroatoms. The summed E-state index contributed by atoms with van der Waals surface area (Å²) >= 11 is 0. The van der Waals surface area contributed by atoms with E-state index in [0.717, 1.165) is 41.3 Å². The molecule has 0 radical (unpaired) electrons. The van der Waals surface area contributed by atoms with Gasteiger partial charge in [0.2, 0.25) is 5.95 Å². The fraction of sp³-hybridized carbons (Fsp3) is 0.250. The van der Waals surface area contributed by atoms with Crippen molar-refractivity contribution in [3.8, 4) is 0 Å². The number of anilines is 4. The quantitative estimate of drug-likeness (QED) is 0.363. The summed E-state index contributed by atoms with van der Waals surface area (Å²) in [5, 5.41) is 12.3. The van der Waals surface area contributed by atoms with Crippen molar-refractivity contribution in [3.63, 3.8) is 0 Å². The van der Waals surface area contributed by atoms with Crippen LogP contribution in [0.15, 0.2) is 59.8 Å². The molecule has 9 nitrogen and oxygen atoms in total. The number of rotatable bonds is 6. The van der Waals surface area contributed by atoms with E-state index >= 15 is 0 Å². The summed E-state index contributed by atoms with van der Waals surface area (Å²) < 4.78 is 25.7. The first-order chi connectivity index (χ1) is 16.5. The lowest BCUT2D eigenvalue weighted by atomic mass is 10.1. The predicted molar refractivity (Wildman–Crippen MR) is 135 cm³/mol. The Balaban J connectivity index is 1.21. The summed E-state index contributed by atoms with van der Waals surface area (Å²) in [7, 11) is -3.31. The second-order valence-corrected chi connectivity index (χ2v) is 10.6. The van der Waals surface area contributed by atoms with Crippen LogP contribution < -0.4 is 27.0 Å². The van der Waals surface area contributed by atoms with Gasteiger partial charge in [0.15, 0.2) is 16.1 Å². The lowest BCUT2D eigenvalue weighted by molar-refractivity contribution is 0.496. The van der Waals surface area contributed by atoms with E-state index in [1.165, 1.54) is 0 Å². The molecule has 1 aromatic heterocycles. The van der Waals surface area contributed by atoms with Gasteiger partial charge in [0.25, 0.3) is 0 Å². The minimum absolute atomic E-state index is 0.266. The molecule has 3 heterocycles. The molecule has 3 aromatic rings. The van der Waals surface area contributed by atoms with Crippen LogP contribution in [0.1, 0.15) is 24.0 Å². The zero-order chi connectivity index (χ0) is 23.5. The Labute approximate surface area is 198 Å². The summed E-state index contributed by atoms with van der Waals surface area (Å²) in [6, 6.07) is 12.8. The molecule has 176 valence electrons. The van der Waals surface area contributed by atoms with E-state index < -0.39 is 9.84 Å². The van der Waals surface area contributed by atoms with Gasteiger partial charge < -0.3 is 21.3 Å². The molecule has 2 aliphatic rings. The lowest BCUT2D eigenvalue weighted by Gasteiger charge is -2.22. The first-order valence-electron chi connectivity index (χ1n) is 11.2. The van der Waals surface area contributed by atoms with E-state index in [0.29, 0.717) is 23.7 Å². The van der Waals surface area contributed by atoms with Crippen molar-refractivity contribution < 1.29 is 8.42 Å². The van der Waals surface area contributed by atoms with Crippen molar-refractivity contribution in [1.29, 1.82) is 0 Å². The molecule has 2 aromatic carbocycles. The summed E-state index contributed by atoms with van der Waals surface area (Å²) in [6.07, 6.45) is 8.40. The van der Waals surface area contributed by atoms with Crippen molar-refractivity contribution in [2.75, 3.05) is 29.0 Å². The summed E-state index contributed by atoms with van der Waals surface area (Å²) in [4.78, 5) is 9.07. The van der Waals surface area contributed by atoms with Crippen LogP contribution in [0.4, 0.5) is 23.0 Å². The van der Waals surface area contributed by atoms with Crippen LogP contribution in [0.5, 0.6) is 0 Å². The van der Waals surface area contributed by atoms with Gasteiger partial charge in [-0.15, -0.1) is 0 Å². The number of piperidine rings is 1. The van der Waals surface area contributed by atoms with E-state index in [4.69, 9.17) is 5.73 Å². The van der Waals surface area contributed by atoms with Crippen molar-refractivity contribution >= 4 is 45.0 Å². The zero-order valence-corrected chi connectivity index (χ0v) is 19.3. The average molecular weight is 478 g/mol. The third-order valence-electron chi connectivity index (χ3n) is 5.97. The first kappa shape index (κ1) is 22.3. The van der Waals surface area contributed by atoms with E-state index in [2.05, 4.69) is 31.2 Å². The molecule has 0 saturated carbocycles. The topological polar surface area (TPSA) is 134 Å². The highest BCUT2D eigenvalue weighted by Gasteiger charge is 2.28. The standard InChI is InChI=1S/C24H27N7O2S/c25-23-30-21-8-3-16(13-22(21)31-23)1-2-17-14-27-24(28-15-17)29-18-4-6-19(7-5-18)34(32,33)20-9-11-26-12-10-20/h1-8,13-15,20,23,26,30-31H,9-12,25H2,(H,27,28,29)/b2-1+. The maximum Gasteiger partial charge on any atom is 0.227 e. The van der Waals surface area contributed by atoms with Gasteiger partial charge in [0, 0.05) is 23.6 Å². The van der Waals surface area contributed by atoms with Gasteiger partial charge in [-0.05, 0) is 67.9 Å². The van der Waals surface area contributed by atoms with Gasteiger partial charge in [-0.2, -0.15) is 0 Å². The number of aromatic nitrogens is 2. The minimum atomic E-state index is -3.31. The van der Waals surface area contributed by atoms with Crippen LogP contribution in [0.25, 0.3) is 12.2 Å². The second-order valence-electron chi connectivity index (χ2n) is 8.39. The summed E-state index contributed by atoms with van der Waals surface area (Å²) in [5.41, 5.74) is 10.4. The molecule has 0 bridgehead atoms. The fourth-order valence-electron chi connectivity index (χ4n) is 4.12. The van der Waals surface area contributed by atoms with Crippen LogP contribution in [0.3, 0.4) is 0 Å². The van der Waals surface area contributed by atoms with E-state index in [1.807, 2.05) is 30.4 Å². The molecule has 1 fully saturated rings. The van der Waals surface area contributed by atoms with Crippen LogP contribution in [-0.4, -0.2) is 43.0 Å². The zero-order valence-electron chi connectivity index (χ0n) is 18.5. The molecule has 1 atom stereocenters. The SMILES string of the molecule is NC1Nc2ccc(/C=C/c3cnc(Nc4ccc(S(=O)(=O)C5CCNCC5)cc4)nc3)cc2N1. The van der Waals surface area contributed by atoms with Crippen LogP contribution in [-0.2, 0) is 9.84 Å². The van der Waals surface area contributed by atoms with Crippen molar-refractivity contribution in [3.05, 3.63) is 66.0 Å². The summed E-state index contributed by atoms with van der Waals surface area (Å²) in [5.74, 6) is 0.438. The molecule has 2 aliphatic heterocycles. The molecular formula is C24H27N7O2S. The Morgan fingerprint density at radius 3 is 2.32 bits per heavy atom. The highest BCUT2D eigenvalue weighted by molar-refractivity contribution is 7.92. The van der Waals surface area contributed by atoms with Crippen molar-refractivity contribution in [2.45, 2.75) is 29.3 Å². The third kappa shape index (κ3) is 4.89. The Morgan fingerprint density at radius 2 is 1.59 bits per heavy atom. The number of nitrogens with zero attached hydrogens (tertiary/aromatic N) is 2. The van der Waals surface area contributed by atoms with Crippen LogP contribution >= 0.6 is 0 Å². The van der Waals surface area contributed by atoms with Crippen molar-refractivity contribution in [2.24, 2.45) is 5.73 Å². The number of nitrogens with one attached hydrogen (secondary N) is 4. The molecule has 6 N–H and O–H groups in total. The average Bonchev–Trinajstić information content (AvgIpc) is 3.24. The molecule has 0 amide bonds. The molecular weight excluding hydrogens is 450 g/mol. The number of benzene rings is 2. The second kappa shape index (κ2) is 9.41. The molecule has 1 unspecified atom stereocenters. The fourth-order valence-corrected chi connectivity index (χ4v) is 5.87. The van der Waals surface area contributed by atoms with E-state index in [1.54, 1.807) is 36.7 Å². The van der Waals surface area contributed by atoms with Gasteiger partial charge in [0.1, 0.15) is 0 Å². The lowest BCUT2D eigenvalue weighted by Crippen LogP contribution is -2.35. The molecule has 1 saturated heterocycles. The number of sulfone groups is 1. The van der Waals surface area contributed by atoms with Gasteiger partial charge in [-0.1, -0.05) is 18.2 Å². The Bertz CT molecular complexity index is 1290. The van der Waals surface area contributed by atoms with Crippen molar-refractivity contribution in [1.82, 2.24) is 15.3 Å². The molecule has 34 heavy (non-hydrogen) atoms. The number of hydrogen-bond acceptors (Lipinski definition) is 9. The number of fused-ring (bicyclic) bond motifs is 1. The predicted octanol–water partition coefficient (Wildman–Crippen LogP) is 3.00. The molecule has 0 aliphatic carbocycles. The molecule has 5 rings (SSSR count). The van der Waals surface area contributed by atoms with E-state index in [-0.39, 0.29) is 11.5 Å². The normalized spacial score (nSPS) is 18.3. The van der Waals surface area contributed by atoms with Gasteiger partial charge in [0.05, 0.1) is 21.5 Å². The van der Waals surface area contributed by atoms with Gasteiger partial charge in [-0.25, -0.2) is 18.4 Å². The minimum Gasteiger partial charge on any atom is -0.352 e. The highest BCUT2D eigenvalue weighted by Crippen LogP contribution is 2.29.